The largest absolute Gasteiger partial charge is 0.443 e. The number of carbonyl (C=O) groups excluding carboxylic acids is 2. The molecule has 6 nitrogen and oxygen atoms in total. The molecule has 0 radical (unpaired) electrons. The van der Waals surface area contributed by atoms with Gasteiger partial charge in [0.1, 0.15) is 5.60 Å². The van der Waals surface area contributed by atoms with Crippen LogP contribution < -0.4 is 10.9 Å². The highest BCUT2D eigenvalue weighted by atomic mass is 16.6. The summed E-state index contributed by atoms with van der Waals surface area (Å²) in [5.74, 6) is 0.0398. The SMILES string of the molecule is COCCCC(=O)c1cccc(NNC(=O)OC(C)(C)C)c1. The summed E-state index contributed by atoms with van der Waals surface area (Å²) in [5.41, 5.74) is 5.80. The van der Waals surface area contributed by atoms with Crippen LogP contribution in [0.2, 0.25) is 0 Å². The summed E-state index contributed by atoms with van der Waals surface area (Å²) < 4.78 is 10.0. The molecule has 0 spiro atoms. The molecule has 1 amide bonds. The fourth-order valence-electron chi connectivity index (χ4n) is 1.72. The third-order valence-electron chi connectivity index (χ3n) is 2.64. The fraction of sp³-hybridized carbons (Fsp3) is 0.500. The number of hydrogen-bond donors (Lipinski definition) is 2. The van der Waals surface area contributed by atoms with Gasteiger partial charge >= 0.3 is 6.09 Å². The maximum Gasteiger partial charge on any atom is 0.426 e. The smallest absolute Gasteiger partial charge is 0.426 e. The first-order valence-electron chi connectivity index (χ1n) is 7.19. The number of hydrogen-bond acceptors (Lipinski definition) is 5. The highest BCUT2D eigenvalue weighted by Crippen LogP contribution is 2.13. The molecule has 122 valence electrons. The van der Waals surface area contributed by atoms with Crippen molar-refractivity contribution in [2.45, 2.75) is 39.2 Å². The summed E-state index contributed by atoms with van der Waals surface area (Å²) >= 11 is 0. The molecule has 0 saturated carbocycles. The monoisotopic (exact) mass is 308 g/mol. The zero-order valence-corrected chi connectivity index (χ0v) is 13.6. The van der Waals surface area contributed by atoms with E-state index in [-0.39, 0.29) is 5.78 Å². The predicted octanol–water partition coefficient (Wildman–Crippen LogP) is 3.15. The van der Waals surface area contributed by atoms with Crippen LogP contribution in [0.25, 0.3) is 0 Å². The number of anilines is 1. The van der Waals surface area contributed by atoms with E-state index in [9.17, 15) is 9.59 Å². The normalized spacial score (nSPS) is 10.9. The quantitative estimate of drug-likeness (QED) is 0.460. The number of hydrazine groups is 1. The van der Waals surface area contributed by atoms with Gasteiger partial charge in [-0.25, -0.2) is 10.2 Å². The first kappa shape index (κ1) is 18.0. The molecule has 1 aromatic rings. The molecule has 0 aromatic heterocycles. The second-order valence-corrected chi connectivity index (χ2v) is 5.85. The molecule has 0 saturated heterocycles. The van der Waals surface area contributed by atoms with Crippen molar-refractivity contribution in [1.82, 2.24) is 5.43 Å². The van der Waals surface area contributed by atoms with Crippen LogP contribution in [0, 0.1) is 0 Å². The maximum atomic E-state index is 12.0. The number of amides is 1. The third-order valence-corrected chi connectivity index (χ3v) is 2.64. The van der Waals surface area contributed by atoms with Crippen LogP contribution in [0.5, 0.6) is 0 Å². The Morgan fingerprint density at radius 2 is 1.95 bits per heavy atom. The van der Waals surface area contributed by atoms with Gasteiger partial charge in [-0.3, -0.25) is 10.2 Å². The summed E-state index contributed by atoms with van der Waals surface area (Å²) in [5, 5.41) is 0. The molecule has 0 fully saturated rings. The van der Waals surface area contributed by atoms with E-state index in [2.05, 4.69) is 10.9 Å². The van der Waals surface area contributed by atoms with Gasteiger partial charge < -0.3 is 9.47 Å². The van der Waals surface area contributed by atoms with E-state index in [1.54, 1.807) is 52.1 Å². The highest BCUT2D eigenvalue weighted by molar-refractivity contribution is 5.96. The summed E-state index contributed by atoms with van der Waals surface area (Å²) in [6.07, 6.45) is 0.532. The molecule has 0 aliphatic heterocycles. The van der Waals surface area contributed by atoms with Crippen LogP contribution in [0.15, 0.2) is 24.3 Å². The second kappa shape index (κ2) is 8.38. The van der Waals surface area contributed by atoms with Gasteiger partial charge in [0.15, 0.2) is 5.78 Å². The second-order valence-electron chi connectivity index (χ2n) is 5.85. The van der Waals surface area contributed by atoms with Crippen LogP contribution in [-0.4, -0.2) is 31.2 Å². The Balaban J connectivity index is 2.53. The zero-order valence-electron chi connectivity index (χ0n) is 13.6. The lowest BCUT2D eigenvalue weighted by Crippen LogP contribution is -2.35. The van der Waals surface area contributed by atoms with Crippen molar-refractivity contribution in [2.24, 2.45) is 0 Å². The number of carbonyl (C=O) groups is 2. The average molecular weight is 308 g/mol. The molecule has 0 aliphatic carbocycles. The van der Waals surface area contributed by atoms with Gasteiger partial charge in [0.25, 0.3) is 0 Å². The van der Waals surface area contributed by atoms with E-state index in [4.69, 9.17) is 9.47 Å². The number of ketones is 1. The molecule has 0 aliphatic rings. The van der Waals surface area contributed by atoms with Crippen LogP contribution >= 0.6 is 0 Å². The molecule has 0 unspecified atom stereocenters. The van der Waals surface area contributed by atoms with Crippen molar-refractivity contribution in [3.05, 3.63) is 29.8 Å². The summed E-state index contributed by atoms with van der Waals surface area (Å²) in [7, 11) is 1.61. The Bertz CT molecular complexity index is 509. The molecule has 0 bridgehead atoms. The van der Waals surface area contributed by atoms with Gasteiger partial charge in [-0.05, 0) is 39.3 Å². The molecule has 0 atom stereocenters. The number of ether oxygens (including phenoxy) is 2. The number of Topliss-reactive ketones (excluding diaryl/α,β-unsaturated/α-hetero) is 1. The van der Waals surface area contributed by atoms with Crippen molar-refractivity contribution in [2.75, 3.05) is 19.1 Å². The fourth-order valence-corrected chi connectivity index (χ4v) is 1.72. The van der Waals surface area contributed by atoms with Crippen molar-refractivity contribution in [3.63, 3.8) is 0 Å². The van der Waals surface area contributed by atoms with Crippen molar-refractivity contribution in [1.29, 1.82) is 0 Å². The lowest BCUT2D eigenvalue weighted by molar-refractivity contribution is 0.0541. The Kier molecular flexibility index (Phi) is 6.85. The van der Waals surface area contributed by atoms with Gasteiger partial charge in [0, 0.05) is 25.7 Å². The van der Waals surface area contributed by atoms with Crippen molar-refractivity contribution in [3.8, 4) is 0 Å². The lowest BCUT2D eigenvalue weighted by atomic mass is 10.1. The molecule has 1 aromatic carbocycles. The first-order valence-corrected chi connectivity index (χ1v) is 7.19. The van der Waals surface area contributed by atoms with E-state index in [0.29, 0.717) is 30.7 Å². The third kappa shape index (κ3) is 7.08. The zero-order chi connectivity index (χ0) is 16.6. The Labute approximate surface area is 131 Å². The van der Waals surface area contributed by atoms with E-state index < -0.39 is 11.7 Å². The number of benzene rings is 1. The maximum absolute atomic E-state index is 12.0. The van der Waals surface area contributed by atoms with Gasteiger partial charge in [0.05, 0.1) is 5.69 Å². The summed E-state index contributed by atoms with van der Waals surface area (Å²) in [4.78, 5) is 23.6. The molecular weight excluding hydrogens is 284 g/mol. The molecule has 1 rings (SSSR count). The van der Waals surface area contributed by atoms with Crippen molar-refractivity contribution >= 4 is 17.6 Å². The van der Waals surface area contributed by atoms with Gasteiger partial charge in [-0.15, -0.1) is 0 Å². The molecule has 22 heavy (non-hydrogen) atoms. The minimum atomic E-state index is -0.579. The summed E-state index contributed by atoms with van der Waals surface area (Å²) in [6, 6.07) is 6.94. The van der Waals surface area contributed by atoms with Gasteiger partial charge in [-0.2, -0.15) is 0 Å². The molecular formula is C16H24N2O4. The van der Waals surface area contributed by atoms with E-state index in [1.807, 2.05) is 0 Å². The van der Waals surface area contributed by atoms with Gasteiger partial charge in [0.2, 0.25) is 0 Å². The van der Waals surface area contributed by atoms with Crippen molar-refractivity contribution < 1.29 is 19.1 Å². The summed E-state index contributed by atoms with van der Waals surface area (Å²) in [6.45, 7) is 5.91. The van der Waals surface area contributed by atoms with E-state index in [0.717, 1.165) is 0 Å². The Morgan fingerprint density at radius 3 is 2.59 bits per heavy atom. The number of rotatable bonds is 7. The van der Waals surface area contributed by atoms with Crippen LogP contribution in [0.3, 0.4) is 0 Å². The van der Waals surface area contributed by atoms with Crippen LogP contribution in [-0.2, 0) is 9.47 Å². The van der Waals surface area contributed by atoms with Crippen LogP contribution in [0.4, 0.5) is 10.5 Å². The topological polar surface area (TPSA) is 76.7 Å². The molecule has 2 N–H and O–H groups in total. The predicted molar refractivity (Wildman–Crippen MR) is 84.9 cm³/mol. The Hall–Kier alpha value is -2.08. The average Bonchev–Trinajstić information content (AvgIpc) is 2.44. The number of nitrogens with one attached hydrogen (secondary N) is 2. The highest BCUT2D eigenvalue weighted by Gasteiger charge is 2.15. The lowest BCUT2D eigenvalue weighted by Gasteiger charge is -2.20. The number of methoxy groups -OCH3 is 1. The minimum Gasteiger partial charge on any atom is -0.443 e. The molecule has 6 heteroatoms. The first-order chi connectivity index (χ1) is 10.3. The van der Waals surface area contributed by atoms with Crippen LogP contribution in [0.1, 0.15) is 44.0 Å². The minimum absolute atomic E-state index is 0.0398. The van der Waals surface area contributed by atoms with Gasteiger partial charge in [-0.1, -0.05) is 12.1 Å². The standard InChI is InChI=1S/C16H24N2O4/c1-16(2,3)22-15(20)18-17-13-8-5-7-12(11-13)14(19)9-6-10-21-4/h5,7-8,11,17H,6,9-10H2,1-4H3,(H,18,20). The van der Waals surface area contributed by atoms with E-state index in [1.165, 1.54) is 0 Å². The van der Waals surface area contributed by atoms with E-state index >= 15 is 0 Å². The Morgan fingerprint density at radius 1 is 1.23 bits per heavy atom. The molecule has 0 heterocycles.